The van der Waals surface area contributed by atoms with E-state index in [1.54, 1.807) is 0 Å². The average Bonchev–Trinajstić information content (AvgIpc) is 2.83. The molecule has 2 fully saturated rings. The first-order valence-electron chi connectivity index (χ1n) is 15.5. The molecule has 1 N–H and O–H groups in total. The molecule has 3 atom stereocenters. The van der Waals surface area contributed by atoms with Crippen LogP contribution >= 0.6 is 0 Å². The third-order valence-electron chi connectivity index (χ3n) is 9.75. The molecule has 0 spiro atoms. The number of unbranched alkanes of at least 4 members (excludes halogenated alkanes) is 4. The summed E-state index contributed by atoms with van der Waals surface area (Å²) in [4.78, 5) is 13.1. The Kier molecular flexibility index (Phi) is 11.8. The lowest BCUT2D eigenvalue weighted by atomic mass is 9.57. The predicted octanol–water partition coefficient (Wildman–Crippen LogP) is 9.97. The maximum Gasteiger partial charge on any atom is 0.312 e. The van der Waals surface area contributed by atoms with Crippen molar-refractivity contribution >= 4 is 5.97 Å². The topological polar surface area (TPSA) is 37.3 Å². The van der Waals surface area contributed by atoms with Gasteiger partial charge in [0.25, 0.3) is 0 Å². The lowest BCUT2D eigenvalue weighted by molar-refractivity contribution is -0.162. The second-order valence-electron chi connectivity index (χ2n) is 12.1. The molecule has 0 amide bonds. The van der Waals surface area contributed by atoms with Crippen molar-refractivity contribution in [2.75, 3.05) is 0 Å². The minimum Gasteiger partial charge on any atom is -0.481 e. The Labute approximate surface area is 220 Å². The molecule has 0 aromatic heterocycles. The quantitative estimate of drug-likeness (QED) is 0.307. The molecule has 36 heavy (non-hydrogen) atoms. The molecule has 0 heterocycles. The van der Waals surface area contributed by atoms with Gasteiger partial charge >= 0.3 is 5.97 Å². The number of halogens is 1. The number of hydrogen-bond donors (Lipinski definition) is 1. The molecule has 0 radical (unpaired) electrons. The highest BCUT2D eigenvalue weighted by Crippen LogP contribution is 2.53. The highest BCUT2D eigenvalue weighted by atomic mass is 19.1. The van der Waals surface area contributed by atoms with Crippen molar-refractivity contribution in [2.24, 2.45) is 11.3 Å². The van der Waals surface area contributed by atoms with Gasteiger partial charge in [0.2, 0.25) is 0 Å². The first-order valence-corrected chi connectivity index (χ1v) is 15.5. The summed E-state index contributed by atoms with van der Waals surface area (Å²) >= 11 is 0. The van der Waals surface area contributed by atoms with Crippen LogP contribution in [-0.2, 0) is 16.6 Å². The first kappa shape index (κ1) is 29.2. The van der Waals surface area contributed by atoms with Crippen molar-refractivity contribution in [3.8, 4) is 0 Å². The second-order valence-corrected chi connectivity index (χ2v) is 12.1. The molecule has 3 rings (SSSR count). The van der Waals surface area contributed by atoms with Crippen LogP contribution in [0.3, 0.4) is 0 Å². The summed E-state index contributed by atoms with van der Waals surface area (Å²) in [5, 5.41) is 10.7. The average molecular weight is 501 g/mol. The van der Waals surface area contributed by atoms with E-state index < -0.39 is 17.6 Å². The van der Waals surface area contributed by atoms with Crippen LogP contribution in [0, 0.1) is 11.3 Å². The van der Waals surface area contributed by atoms with Crippen LogP contribution < -0.4 is 0 Å². The van der Waals surface area contributed by atoms with Crippen molar-refractivity contribution in [2.45, 2.75) is 154 Å². The Balaban J connectivity index is 2.01. The maximum absolute atomic E-state index is 17.0. The van der Waals surface area contributed by atoms with E-state index in [4.69, 9.17) is 0 Å². The van der Waals surface area contributed by atoms with Crippen LogP contribution in [0.1, 0.15) is 147 Å². The number of rotatable bonds is 11. The van der Waals surface area contributed by atoms with E-state index in [1.807, 2.05) is 0 Å². The normalized spacial score (nSPS) is 28.6. The van der Waals surface area contributed by atoms with Crippen molar-refractivity contribution in [3.63, 3.8) is 0 Å². The van der Waals surface area contributed by atoms with Crippen molar-refractivity contribution in [3.05, 3.63) is 35.4 Å². The summed E-state index contributed by atoms with van der Waals surface area (Å²) in [6.45, 7) is 4.47. The van der Waals surface area contributed by atoms with Gasteiger partial charge in [0.05, 0.1) is 0 Å². The highest BCUT2D eigenvalue weighted by molar-refractivity contribution is 5.76. The second kappa shape index (κ2) is 14.5. The van der Waals surface area contributed by atoms with Crippen LogP contribution in [0.5, 0.6) is 0 Å². The number of aryl methyl sites for hydroxylation is 1. The molecule has 0 bridgehead atoms. The molecular formula is C33H53FO2. The van der Waals surface area contributed by atoms with Crippen LogP contribution in [0.25, 0.3) is 0 Å². The zero-order valence-electron chi connectivity index (χ0n) is 23.3. The Morgan fingerprint density at radius 1 is 0.889 bits per heavy atom. The van der Waals surface area contributed by atoms with Crippen molar-refractivity contribution < 1.29 is 14.3 Å². The molecule has 2 aliphatic carbocycles. The number of alkyl halides is 1. The molecule has 3 heteroatoms. The summed E-state index contributed by atoms with van der Waals surface area (Å²) < 4.78 is 17.0. The van der Waals surface area contributed by atoms with E-state index in [-0.39, 0.29) is 11.3 Å². The van der Waals surface area contributed by atoms with Crippen molar-refractivity contribution in [1.82, 2.24) is 0 Å². The first-order chi connectivity index (χ1) is 17.5. The summed E-state index contributed by atoms with van der Waals surface area (Å²) in [5.74, 6) is -0.891. The standard InChI is InChI=1S/C33H53FO2/c1-3-5-10-18-27-19-13-14-22-29(27)32(23-15-6-4-2)24-16-17-25-33(31(35)36,30(34)26-32)28-20-11-8-7-9-12-21-28/h13-14,19,22,28,30H,3-12,15-18,20-21,23-26H2,1-2H3,(H,35,36). The SMILES string of the molecule is CCCCCc1ccccc1C1(CCCCC)CCCCC(C(=O)O)(C2CCCCCCC2)C(F)C1. The number of aliphatic carboxylic acids is 1. The molecule has 2 nitrogen and oxygen atoms in total. The fourth-order valence-corrected chi connectivity index (χ4v) is 7.65. The van der Waals surface area contributed by atoms with Crippen LogP contribution in [0.4, 0.5) is 4.39 Å². The largest absolute Gasteiger partial charge is 0.481 e. The smallest absolute Gasteiger partial charge is 0.312 e. The Bertz CT molecular complexity index is 784. The van der Waals surface area contributed by atoms with Crippen molar-refractivity contribution in [1.29, 1.82) is 0 Å². The number of hydrogen-bond acceptors (Lipinski definition) is 1. The lowest BCUT2D eigenvalue weighted by Crippen LogP contribution is -2.50. The van der Waals surface area contributed by atoms with Gasteiger partial charge in [-0.15, -0.1) is 0 Å². The molecule has 3 unspecified atom stereocenters. The summed E-state index contributed by atoms with van der Waals surface area (Å²) in [7, 11) is 0. The summed E-state index contributed by atoms with van der Waals surface area (Å²) in [6, 6.07) is 8.79. The Morgan fingerprint density at radius 2 is 1.53 bits per heavy atom. The minimum atomic E-state index is -1.29. The molecule has 0 saturated heterocycles. The predicted molar refractivity (Wildman–Crippen MR) is 149 cm³/mol. The molecule has 1 aromatic carbocycles. The number of carbonyl (C=O) groups is 1. The fraction of sp³-hybridized carbons (Fsp3) is 0.788. The molecule has 204 valence electrons. The van der Waals surface area contributed by atoms with E-state index in [1.165, 1.54) is 36.8 Å². The van der Waals surface area contributed by atoms with Gasteiger partial charge in [-0.2, -0.15) is 0 Å². The Morgan fingerprint density at radius 3 is 2.22 bits per heavy atom. The molecule has 0 aliphatic heterocycles. The van der Waals surface area contributed by atoms with E-state index >= 15 is 4.39 Å². The van der Waals surface area contributed by atoms with Gasteiger partial charge in [-0.05, 0) is 73.8 Å². The van der Waals surface area contributed by atoms with E-state index in [2.05, 4.69) is 38.1 Å². The molecule has 2 saturated carbocycles. The summed E-state index contributed by atoms with van der Waals surface area (Å²) in [5.41, 5.74) is 1.24. The minimum absolute atomic E-state index is 0.0310. The van der Waals surface area contributed by atoms with Gasteiger partial charge in [0, 0.05) is 0 Å². The molecule has 1 aromatic rings. The number of carboxylic acids is 1. The molecular weight excluding hydrogens is 447 g/mol. The van der Waals surface area contributed by atoms with E-state index in [9.17, 15) is 9.90 Å². The third-order valence-corrected chi connectivity index (χ3v) is 9.75. The van der Waals surface area contributed by atoms with Gasteiger partial charge in [0.15, 0.2) is 0 Å². The van der Waals surface area contributed by atoms with Crippen LogP contribution in [-0.4, -0.2) is 17.2 Å². The zero-order chi connectivity index (χ0) is 25.9. The zero-order valence-corrected chi connectivity index (χ0v) is 23.3. The van der Waals surface area contributed by atoms with Crippen LogP contribution in [0.2, 0.25) is 0 Å². The van der Waals surface area contributed by atoms with Gasteiger partial charge in [-0.3, -0.25) is 4.79 Å². The lowest BCUT2D eigenvalue weighted by Gasteiger charge is -2.47. The van der Waals surface area contributed by atoms with E-state index in [0.717, 1.165) is 89.9 Å². The monoisotopic (exact) mass is 500 g/mol. The van der Waals surface area contributed by atoms with Gasteiger partial charge in [-0.1, -0.05) is 115 Å². The van der Waals surface area contributed by atoms with Gasteiger partial charge in [-0.25, -0.2) is 4.39 Å². The Hall–Kier alpha value is -1.38. The van der Waals surface area contributed by atoms with E-state index in [0.29, 0.717) is 12.8 Å². The molecule has 2 aliphatic rings. The van der Waals surface area contributed by atoms with Crippen LogP contribution in [0.15, 0.2) is 24.3 Å². The fourth-order valence-electron chi connectivity index (χ4n) is 7.65. The number of carboxylic acid groups (broad SMARTS) is 1. The summed E-state index contributed by atoms with van der Waals surface area (Å²) in [6.07, 6.45) is 18.8. The highest BCUT2D eigenvalue weighted by Gasteiger charge is 2.54. The maximum atomic E-state index is 17.0. The van der Waals surface area contributed by atoms with Gasteiger partial charge < -0.3 is 5.11 Å². The van der Waals surface area contributed by atoms with Gasteiger partial charge in [0.1, 0.15) is 11.6 Å². The third kappa shape index (κ3) is 6.93. The number of benzene rings is 1.